The van der Waals surface area contributed by atoms with Gasteiger partial charge in [-0.15, -0.1) is 0 Å². The molecule has 23 atom stereocenters. The number of aliphatic hydroxyl groups is 12. The predicted molar refractivity (Wildman–Crippen MR) is 224 cm³/mol. The van der Waals surface area contributed by atoms with Crippen LogP contribution in [0.15, 0.2) is 22.8 Å². The molecule has 3 aliphatic heterocycles. The van der Waals surface area contributed by atoms with Crippen molar-refractivity contribution in [1.82, 2.24) is 0 Å². The first-order valence-corrected chi connectivity index (χ1v) is 23.5. The van der Waals surface area contributed by atoms with Crippen LogP contribution in [0.3, 0.4) is 0 Å². The molecule has 1 unspecified atom stereocenters. The maximum atomic E-state index is 13.7. The second-order valence-corrected chi connectivity index (χ2v) is 20.8. The van der Waals surface area contributed by atoms with E-state index in [2.05, 4.69) is 0 Å². The zero-order valence-corrected chi connectivity index (χ0v) is 41.4. The molecule has 21 heteroatoms. The van der Waals surface area contributed by atoms with Gasteiger partial charge in [-0.2, -0.15) is 0 Å². The van der Waals surface area contributed by atoms with Crippen LogP contribution in [0, 0.1) is 34.0 Å². The number of ether oxygens (including phenoxy) is 6. The summed E-state index contributed by atoms with van der Waals surface area (Å²) in [7, 11) is 0. The maximum Gasteiger partial charge on any atom is 1.00 e. The van der Waals surface area contributed by atoms with E-state index in [0.717, 1.165) is 16.7 Å². The minimum Gasteiger partial charge on any atom is -0.549 e. The summed E-state index contributed by atoms with van der Waals surface area (Å²) in [6.45, 7) is 7.12. The molecule has 0 spiro atoms. The van der Waals surface area contributed by atoms with Crippen molar-refractivity contribution in [3.05, 3.63) is 22.8 Å². The molecule has 5 fully saturated rings. The Kier molecular flexibility index (Phi) is 17.7. The van der Waals surface area contributed by atoms with Crippen LogP contribution in [0.5, 0.6) is 0 Å². The van der Waals surface area contributed by atoms with Gasteiger partial charge >= 0.3 is 29.6 Å². The standard InChI is InChI=1S/C46H74O20.Na/c1-20(2)6-8-25(50)21(3)22-11-15-45(42(58)59)24-7-9-29-43(4,23(24)10-14-44(22,45)5)13-12-30(46(29,60)19-49)65-41-38(35(55)32(52)27(17-48)63-41)66-39-36(56)33(53)28(18-61-39)64-40-37(57)34(54)31(51)26(16-47)62-40;/h6,21-22,25-41,47-57,60H,7-19H2,1-5H3,(H,58,59);/q;+1/p-1/t21-,22+,25?,26+,27+,28-,29+,30-,31-,32-,33-,34-,35-,36+,37+,38+,39-,40-,41-,43+,44+,45-,46+;/m0./s1. The number of fused-ring (bicyclic) bond motifs is 4. The van der Waals surface area contributed by atoms with Crippen molar-refractivity contribution in [3.63, 3.8) is 0 Å². The van der Waals surface area contributed by atoms with Crippen LogP contribution in [-0.4, -0.2) is 197 Å². The zero-order chi connectivity index (χ0) is 48.4. The molecular weight excluding hydrogens is 895 g/mol. The SMILES string of the molecule is CC(C)=CCC(O)[C@@H](C)[C@H]1CC[C@@]2(C(=O)[O-])C3=C(CC[C@]12C)[C@@]1(C)CC[C@H](O[C@@H]2O[C@H](CO)[C@H](O)[C@H](O)[C@H]2O[C@@H]2OC[C@H](O[C@@H]4O[C@H](CO)[C@H](O)[C@H](O)[C@H]4O)[C@H](O)[C@H]2O)[C@@](O)(CO)[C@@H]1CC3.[Na+]. The first kappa shape index (κ1) is 55.5. The van der Waals surface area contributed by atoms with Crippen LogP contribution < -0.4 is 34.7 Å². The number of carboxylic acid groups (broad SMARTS) is 1. The van der Waals surface area contributed by atoms with Crippen LogP contribution in [-0.2, 0) is 33.2 Å². The van der Waals surface area contributed by atoms with E-state index in [1.54, 1.807) is 0 Å². The summed E-state index contributed by atoms with van der Waals surface area (Å²) in [5.41, 5.74) is -1.95. The summed E-state index contributed by atoms with van der Waals surface area (Å²) < 4.78 is 34.9. The van der Waals surface area contributed by atoms with Crippen LogP contribution in [0.25, 0.3) is 0 Å². The molecule has 12 N–H and O–H groups in total. The molecule has 3 saturated heterocycles. The monoisotopic (exact) mass is 968 g/mol. The van der Waals surface area contributed by atoms with Gasteiger partial charge in [-0.1, -0.05) is 43.6 Å². The number of allylic oxidation sites excluding steroid dienone is 2. The van der Waals surface area contributed by atoms with Crippen LogP contribution in [0.4, 0.5) is 0 Å². The number of rotatable bonds is 14. The third-order valence-corrected chi connectivity index (χ3v) is 17.2. The number of carbonyl (C=O) groups is 1. The van der Waals surface area contributed by atoms with Crippen molar-refractivity contribution < 1.29 is 129 Å². The third kappa shape index (κ3) is 9.44. The van der Waals surface area contributed by atoms with Gasteiger partial charge in [0.15, 0.2) is 18.9 Å². The van der Waals surface area contributed by atoms with Gasteiger partial charge in [0.05, 0.1) is 44.6 Å². The van der Waals surface area contributed by atoms with Crippen LogP contribution in [0.2, 0.25) is 0 Å². The Morgan fingerprint density at radius 1 is 0.776 bits per heavy atom. The average Bonchev–Trinajstić information content (AvgIpc) is 3.62. The van der Waals surface area contributed by atoms with Gasteiger partial charge in [0, 0.05) is 11.3 Å². The van der Waals surface area contributed by atoms with Gasteiger partial charge in [-0.3, -0.25) is 0 Å². The van der Waals surface area contributed by atoms with Crippen molar-refractivity contribution >= 4 is 5.97 Å². The summed E-state index contributed by atoms with van der Waals surface area (Å²) >= 11 is 0. The Morgan fingerprint density at radius 3 is 2.01 bits per heavy atom. The van der Waals surface area contributed by atoms with Crippen molar-refractivity contribution in [3.8, 4) is 0 Å². The molecule has 0 bridgehead atoms. The molecule has 7 aliphatic rings. The molecule has 378 valence electrons. The summed E-state index contributed by atoms with van der Waals surface area (Å²) in [5.74, 6) is -2.07. The first-order valence-electron chi connectivity index (χ1n) is 23.5. The minimum absolute atomic E-state index is 0. The van der Waals surface area contributed by atoms with Crippen molar-refractivity contribution in [1.29, 1.82) is 0 Å². The molecule has 67 heavy (non-hydrogen) atoms. The summed E-state index contributed by atoms with van der Waals surface area (Å²) in [4.78, 5) is 13.7. The van der Waals surface area contributed by atoms with Gasteiger partial charge < -0.3 is 99.6 Å². The van der Waals surface area contributed by atoms with Crippen molar-refractivity contribution in [2.75, 3.05) is 26.4 Å². The van der Waals surface area contributed by atoms with Gasteiger partial charge in [0.2, 0.25) is 0 Å². The molecule has 3 heterocycles. The van der Waals surface area contributed by atoms with E-state index in [1.807, 2.05) is 40.7 Å². The molecule has 4 aliphatic carbocycles. The van der Waals surface area contributed by atoms with Crippen LogP contribution in [0.1, 0.15) is 92.4 Å². The third-order valence-electron chi connectivity index (χ3n) is 17.2. The average molecular weight is 969 g/mol. The number of hydrogen-bond acceptors (Lipinski definition) is 20. The maximum absolute atomic E-state index is 13.7. The summed E-state index contributed by atoms with van der Waals surface area (Å²) in [6, 6.07) is 0. The molecule has 7 rings (SSSR count). The molecule has 0 aromatic heterocycles. The van der Waals surface area contributed by atoms with Crippen molar-refractivity contribution in [2.24, 2.45) is 34.0 Å². The van der Waals surface area contributed by atoms with Crippen molar-refractivity contribution in [2.45, 2.75) is 196 Å². The predicted octanol–water partition coefficient (Wildman–Crippen LogP) is -6.01. The number of hydrogen-bond donors (Lipinski definition) is 12. The second kappa shape index (κ2) is 21.4. The minimum atomic E-state index is -1.97. The van der Waals surface area contributed by atoms with E-state index in [4.69, 9.17) is 28.4 Å². The van der Waals surface area contributed by atoms with Gasteiger partial charge in [0.1, 0.15) is 72.7 Å². The van der Waals surface area contributed by atoms with Gasteiger partial charge in [-0.05, 0) is 94.3 Å². The fourth-order valence-electron chi connectivity index (χ4n) is 13.3. The number of aliphatic carboxylic acids is 1. The van der Waals surface area contributed by atoms with E-state index in [-0.39, 0.29) is 54.2 Å². The quantitative estimate of drug-likeness (QED) is 0.0570. The van der Waals surface area contributed by atoms with E-state index in [0.29, 0.717) is 44.9 Å². The largest absolute Gasteiger partial charge is 1.00 e. The molecule has 20 nitrogen and oxygen atoms in total. The number of carboxylic acids is 1. The molecular formula is C46H73NaO20. The Morgan fingerprint density at radius 2 is 1.40 bits per heavy atom. The molecule has 0 aromatic rings. The zero-order valence-electron chi connectivity index (χ0n) is 39.4. The van der Waals surface area contributed by atoms with E-state index >= 15 is 0 Å². The van der Waals surface area contributed by atoms with Gasteiger partial charge in [0.25, 0.3) is 0 Å². The van der Waals surface area contributed by atoms with Gasteiger partial charge in [-0.25, -0.2) is 0 Å². The fraction of sp³-hybridized carbons (Fsp3) is 0.891. The Balaban J connectivity index is 0.00000741. The Bertz CT molecular complexity index is 1780. The number of carbonyl (C=O) groups excluding carboxylic acids is 1. The van der Waals surface area contributed by atoms with E-state index in [9.17, 15) is 71.2 Å². The van der Waals surface area contributed by atoms with E-state index < -0.39 is 158 Å². The molecule has 0 amide bonds. The second-order valence-electron chi connectivity index (χ2n) is 20.8. The topological polar surface area (TPSA) is 338 Å². The Hall–Kier alpha value is -0.770. The van der Waals surface area contributed by atoms with Crippen LogP contribution >= 0.6 is 0 Å². The molecule has 0 radical (unpaired) electrons. The fourth-order valence-corrected chi connectivity index (χ4v) is 13.3. The normalized spacial score (nSPS) is 48.6. The summed E-state index contributed by atoms with van der Waals surface area (Å²) in [5, 5.41) is 144. The molecule has 2 saturated carbocycles. The number of aliphatic hydroxyl groups excluding tert-OH is 11. The van der Waals surface area contributed by atoms with E-state index in [1.165, 1.54) is 0 Å². The smallest absolute Gasteiger partial charge is 0.549 e. The summed E-state index contributed by atoms with van der Waals surface area (Å²) in [6.07, 6.45) is -19.9. The molecule has 0 aromatic carbocycles. The first-order chi connectivity index (χ1) is 31.1. The Labute approximate surface area is 412 Å².